The summed E-state index contributed by atoms with van der Waals surface area (Å²) < 4.78 is 74.0. The van der Waals surface area contributed by atoms with Crippen LogP contribution in [0, 0.1) is 6.92 Å². The summed E-state index contributed by atoms with van der Waals surface area (Å²) in [5.74, 6) is -1.59. The monoisotopic (exact) mass is 638 g/mol. The summed E-state index contributed by atoms with van der Waals surface area (Å²) in [5.41, 5.74) is 1.53. The molecule has 2 N–H and O–H groups in total. The van der Waals surface area contributed by atoms with Gasteiger partial charge in [0.2, 0.25) is 10.0 Å². The number of amides is 2. The van der Waals surface area contributed by atoms with Gasteiger partial charge in [-0.2, -0.15) is 0 Å². The van der Waals surface area contributed by atoms with E-state index in [9.17, 15) is 41.1 Å². The zero-order valence-corrected chi connectivity index (χ0v) is 24.7. The van der Waals surface area contributed by atoms with Crippen LogP contribution in [0.1, 0.15) is 34.0 Å². The molecular weight excluding hydrogens is 609 g/mol. The molecule has 12 nitrogen and oxygen atoms in total. The Hall–Kier alpha value is -4.47. The summed E-state index contributed by atoms with van der Waals surface area (Å²) in [7, 11) is -3.95. The van der Waals surface area contributed by atoms with Crippen molar-refractivity contribution in [3.05, 3.63) is 63.0 Å². The summed E-state index contributed by atoms with van der Waals surface area (Å²) in [6.07, 6.45) is -5.10. The number of carbonyl (C=O) groups excluding carboxylic acids is 1. The van der Waals surface area contributed by atoms with Crippen molar-refractivity contribution >= 4 is 44.4 Å². The van der Waals surface area contributed by atoms with Crippen LogP contribution >= 0.6 is 0 Å². The first-order valence-electron chi connectivity index (χ1n) is 13.5. The Labute approximate surface area is 249 Å². The number of nitrogens with one attached hydrogen (secondary N) is 1. The molecule has 0 bridgehead atoms. The SMILES string of the molecule is Cc1c(N2CCN(C(=O)O)[C@@H](C)C2)ccc2c3c(c(=O)oc12)CN(C(=O)c1ccc(NS(C)(=O)=O)c(OC(F)(F)F)c1)CC3. The van der Waals surface area contributed by atoms with Gasteiger partial charge in [0.1, 0.15) is 5.58 Å². The van der Waals surface area contributed by atoms with Gasteiger partial charge in [0, 0.05) is 54.4 Å². The standard InChI is InChI=1S/C28H29F3N4O8S/c1-15-13-33(10-11-35(15)27(38)39)22-7-5-19-18-8-9-34(14-20(18)26(37)42-24(19)16(22)2)25(36)17-4-6-21(32-44(3,40)41)23(12-17)43-28(29,30)31/h4-7,12,15,32H,8-11,13-14H2,1-3H3,(H,38,39)/t15-/m0/s1. The molecule has 0 unspecified atom stereocenters. The maximum Gasteiger partial charge on any atom is 0.573 e. The van der Waals surface area contributed by atoms with Gasteiger partial charge in [-0.3, -0.25) is 9.52 Å². The van der Waals surface area contributed by atoms with Gasteiger partial charge in [-0.25, -0.2) is 18.0 Å². The van der Waals surface area contributed by atoms with Crippen molar-refractivity contribution in [2.24, 2.45) is 0 Å². The maximum atomic E-state index is 13.3. The summed E-state index contributed by atoms with van der Waals surface area (Å²) in [6, 6.07) is 6.45. The van der Waals surface area contributed by atoms with E-state index in [0.717, 1.165) is 29.6 Å². The van der Waals surface area contributed by atoms with E-state index >= 15 is 0 Å². The number of ether oxygens (including phenoxy) is 1. The molecule has 1 saturated heterocycles. The lowest BCUT2D eigenvalue weighted by Crippen LogP contribution is -2.53. The number of hydrogen-bond donors (Lipinski definition) is 2. The number of piperazine rings is 1. The minimum atomic E-state index is -5.15. The van der Waals surface area contributed by atoms with Gasteiger partial charge >= 0.3 is 18.1 Å². The van der Waals surface area contributed by atoms with E-state index in [1.54, 1.807) is 0 Å². The van der Waals surface area contributed by atoms with Gasteiger partial charge in [0.15, 0.2) is 5.75 Å². The van der Waals surface area contributed by atoms with E-state index in [2.05, 4.69) is 4.74 Å². The van der Waals surface area contributed by atoms with Gasteiger partial charge in [-0.15, -0.1) is 13.2 Å². The topological polar surface area (TPSA) is 150 Å². The number of carboxylic acid groups (broad SMARTS) is 1. The predicted octanol–water partition coefficient (Wildman–Crippen LogP) is 3.76. The van der Waals surface area contributed by atoms with E-state index in [4.69, 9.17) is 4.42 Å². The fourth-order valence-corrected chi connectivity index (χ4v) is 6.33. The molecule has 0 spiro atoms. The Morgan fingerprint density at radius 3 is 2.48 bits per heavy atom. The van der Waals surface area contributed by atoms with Gasteiger partial charge in [0.25, 0.3) is 5.91 Å². The Morgan fingerprint density at radius 1 is 1.11 bits per heavy atom. The van der Waals surface area contributed by atoms with Gasteiger partial charge in [-0.1, -0.05) is 0 Å². The summed E-state index contributed by atoms with van der Waals surface area (Å²) in [6.45, 7) is 4.91. The lowest BCUT2D eigenvalue weighted by atomic mass is 9.95. The highest BCUT2D eigenvalue weighted by atomic mass is 32.2. The number of aryl methyl sites for hydroxylation is 1. The number of alkyl halides is 3. The third-order valence-electron chi connectivity index (χ3n) is 7.74. The van der Waals surface area contributed by atoms with Crippen LogP contribution in [-0.2, 0) is 23.0 Å². The number of carbonyl (C=O) groups is 2. The summed E-state index contributed by atoms with van der Waals surface area (Å²) in [5, 5.41) is 10.1. The van der Waals surface area contributed by atoms with E-state index in [1.165, 1.54) is 15.9 Å². The summed E-state index contributed by atoms with van der Waals surface area (Å²) in [4.78, 5) is 42.7. The minimum absolute atomic E-state index is 0.151. The molecule has 3 aromatic rings. The van der Waals surface area contributed by atoms with Crippen molar-refractivity contribution in [2.75, 3.05) is 42.1 Å². The lowest BCUT2D eigenvalue weighted by Gasteiger charge is -2.40. The average Bonchev–Trinajstić information content (AvgIpc) is 2.92. The normalized spacial score (nSPS) is 17.4. The molecule has 1 atom stereocenters. The molecule has 2 aliphatic rings. The number of nitrogens with zero attached hydrogens (tertiary/aromatic N) is 3. The van der Waals surface area contributed by atoms with Crippen molar-refractivity contribution in [1.29, 1.82) is 0 Å². The first-order chi connectivity index (χ1) is 20.5. The second-order valence-corrected chi connectivity index (χ2v) is 12.6. The smallest absolute Gasteiger partial charge is 0.465 e. The number of rotatable bonds is 5. The van der Waals surface area contributed by atoms with Gasteiger partial charge in [0.05, 0.1) is 24.1 Å². The first-order valence-corrected chi connectivity index (χ1v) is 15.4. The molecule has 0 radical (unpaired) electrons. The van der Waals surface area contributed by atoms with E-state index in [1.807, 2.05) is 35.6 Å². The number of sulfonamides is 1. The number of fused-ring (bicyclic) bond motifs is 3. The molecule has 3 heterocycles. The van der Waals surface area contributed by atoms with Crippen molar-refractivity contribution in [2.45, 2.75) is 39.2 Å². The zero-order valence-electron chi connectivity index (χ0n) is 23.9. The molecule has 1 fully saturated rings. The highest BCUT2D eigenvalue weighted by Crippen LogP contribution is 2.35. The highest BCUT2D eigenvalue weighted by molar-refractivity contribution is 7.92. The van der Waals surface area contributed by atoms with Gasteiger partial charge < -0.3 is 29.0 Å². The molecule has 1 aromatic heterocycles. The van der Waals surface area contributed by atoms with Crippen molar-refractivity contribution in [1.82, 2.24) is 9.80 Å². The molecule has 2 amide bonds. The molecule has 2 aliphatic heterocycles. The lowest BCUT2D eigenvalue weighted by molar-refractivity contribution is -0.274. The Morgan fingerprint density at radius 2 is 1.84 bits per heavy atom. The maximum absolute atomic E-state index is 13.3. The van der Waals surface area contributed by atoms with Crippen molar-refractivity contribution < 1.29 is 45.4 Å². The fraction of sp³-hybridized carbons (Fsp3) is 0.393. The molecule has 236 valence electrons. The largest absolute Gasteiger partial charge is 0.573 e. The van der Waals surface area contributed by atoms with Crippen molar-refractivity contribution in [3.8, 4) is 5.75 Å². The average molecular weight is 639 g/mol. The molecular formula is C28H29F3N4O8S. The van der Waals surface area contributed by atoms with Crippen LogP contribution in [0.15, 0.2) is 39.5 Å². The number of hydrogen-bond acceptors (Lipinski definition) is 8. The number of benzene rings is 2. The molecule has 5 rings (SSSR count). The summed E-state index contributed by atoms with van der Waals surface area (Å²) >= 11 is 0. The van der Waals surface area contributed by atoms with Crippen LogP contribution in [0.2, 0.25) is 0 Å². The van der Waals surface area contributed by atoms with Crippen LogP contribution in [0.3, 0.4) is 0 Å². The fourth-order valence-electron chi connectivity index (χ4n) is 5.76. The molecule has 2 aromatic carbocycles. The number of anilines is 2. The third-order valence-corrected chi connectivity index (χ3v) is 8.33. The van der Waals surface area contributed by atoms with Crippen LogP contribution in [0.25, 0.3) is 11.0 Å². The highest BCUT2D eigenvalue weighted by Gasteiger charge is 2.34. The minimum Gasteiger partial charge on any atom is -0.465 e. The number of halogens is 3. The Kier molecular flexibility index (Phi) is 7.90. The quantitative estimate of drug-likeness (QED) is 0.399. The molecule has 0 aliphatic carbocycles. The first kappa shape index (κ1) is 31.0. The zero-order chi connectivity index (χ0) is 32.1. The molecule has 16 heteroatoms. The molecule has 0 saturated carbocycles. The third kappa shape index (κ3) is 6.25. The van der Waals surface area contributed by atoms with Gasteiger partial charge in [-0.05, 0) is 56.2 Å². The van der Waals surface area contributed by atoms with Crippen LogP contribution in [-0.4, -0.2) is 80.2 Å². The Bertz CT molecular complexity index is 1830. The van der Waals surface area contributed by atoms with E-state index in [-0.39, 0.29) is 36.7 Å². The van der Waals surface area contributed by atoms with E-state index < -0.39 is 45.4 Å². The predicted molar refractivity (Wildman–Crippen MR) is 154 cm³/mol. The van der Waals surface area contributed by atoms with E-state index in [0.29, 0.717) is 36.2 Å². The second kappa shape index (κ2) is 11.2. The molecule has 44 heavy (non-hydrogen) atoms. The Balaban J connectivity index is 1.42. The van der Waals surface area contributed by atoms with Crippen LogP contribution in [0.5, 0.6) is 5.75 Å². The van der Waals surface area contributed by atoms with Crippen molar-refractivity contribution in [3.63, 3.8) is 0 Å². The van der Waals surface area contributed by atoms with Crippen LogP contribution in [0.4, 0.5) is 29.3 Å². The second-order valence-electron chi connectivity index (χ2n) is 10.8. The van der Waals surface area contributed by atoms with Crippen LogP contribution < -0.4 is 20.0 Å².